The minimum Gasteiger partial charge on any atom is -0.390 e. The first-order chi connectivity index (χ1) is 12.4. The Bertz CT molecular complexity index is 860. The lowest BCUT2D eigenvalue weighted by Crippen LogP contribution is -2.41. The number of nitrogens with one attached hydrogen (secondary N) is 2. The lowest BCUT2D eigenvalue weighted by molar-refractivity contribution is -0.394. The monoisotopic (exact) mass is 358 g/mol. The highest BCUT2D eigenvalue weighted by molar-refractivity contribution is 5.41. The molecule has 1 aliphatic rings. The molecule has 0 bridgehead atoms. The summed E-state index contributed by atoms with van der Waals surface area (Å²) in [4.78, 5) is 26.3. The van der Waals surface area contributed by atoms with Crippen LogP contribution in [0.15, 0.2) is 6.33 Å². The van der Waals surface area contributed by atoms with Crippen molar-refractivity contribution in [3.05, 3.63) is 16.4 Å². The highest BCUT2D eigenvalue weighted by Crippen LogP contribution is 2.34. The summed E-state index contributed by atoms with van der Waals surface area (Å²) in [6, 6.07) is 2.36. The zero-order valence-corrected chi connectivity index (χ0v) is 14.4. The van der Waals surface area contributed by atoms with E-state index in [1.54, 1.807) is 7.05 Å². The van der Waals surface area contributed by atoms with Crippen LogP contribution >= 0.6 is 0 Å². The van der Waals surface area contributed by atoms with E-state index in [1.165, 1.54) is 0 Å². The van der Waals surface area contributed by atoms with Crippen molar-refractivity contribution < 1.29 is 4.92 Å². The molecule has 0 saturated heterocycles. The van der Waals surface area contributed by atoms with Crippen LogP contribution < -0.4 is 10.6 Å². The predicted molar refractivity (Wildman–Crippen MR) is 90.5 cm³/mol. The van der Waals surface area contributed by atoms with E-state index >= 15 is 0 Å². The summed E-state index contributed by atoms with van der Waals surface area (Å²) in [5.74, 6) is 0.365. The average Bonchev–Trinajstić information content (AvgIpc) is 3.12. The van der Waals surface area contributed by atoms with E-state index in [1.807, 2.05) is 0 Å². The van der Waals surface area contributed by atoms with Crippen LogP contribution in [0.5, 0.6) is 0 Å². The fourth-order valence-electron chi connectivity index (χ4n) is 3.08. The summed E-state index contributed by atoms with van der Waals surface area (Å²) in [6.07, 6.45) is 4.55. The van der Waals surface area contributed by atoms with Crippen LogP contribution in [0.4, 0.5) is 17.8 Å². The van der Waals surface area contributed by atoms with Crippen LogP contribution in [-0.2, 0) is 0 Å². The summed E-state index contributed by atoms with van der Waals surface area (Å²) >= 11 is 0. The van der Waals surface area contributed by atoms with Crippen molar-refractivity contribution in [2.45, 2.75) is 38.1 Å². The Morgan fingerprint density at radius 1 is 1.42 bits per heavy atom. The molecular formula is C14H18N10O2. The summed E-state index contributed by atoms with van der Waals surface area (Å²) in [7, 11) is 1.63. The minimum absolute atomic E-state index is 0.0596. The Balaban J connectivity index is 1.94. The van der Waals surface area contributed by atoms with Crippen LogP contribution in [0, 0.1) is 27.4 Å². The molecule has 1 fully saturated rings. The van der Waals surface area contributed by atoms with Crippen molar-refractivity contribution in [3.8, 4) is 12.0 Å². The molecule has 12 nitrogen and oxygen atoms in total. The average molecular weight is 358 g/mol. The molecule has 2 aromatic heterocycles. The van der Waals surface area contributed by atoms with Gasteiger partial charge in [0.2, 0.25) is 18.2 Å². The van der Waals surface area contributed by atoms with Gasteiger partial charge in [-0.05, 0) is 30.1 Å². The van der Waals surface area contributed by atoms with E-state index in [-0.39, 0.29) is 17.8 Å². The zero-order chi connectivity index (χ0) is 18.7. The number of nitrogens with zero attached hydrogens (tertiary/aromatic N) is 8. The number of hydrogen-bond acceptors (Lipinski definition) is 10. The largest absolute Gasteiger partial charge is 0.491 e. The maximum atomic E-state index is 10.8. The molecule has 136 valence electrons. The summed E-state index contributed by atoms with van der Waals surface area (Å²) in [5.41, 5.74) is -0.754. The molecule has 0 aliphatic heterocycles. The van der Waals surface area contributed by atoms with Gasteiger partial charge in [-0.15, -0.1) is 4.68 Å². The molecule has 2 heterocycles. The van der Waals surface area contributed by atoms with Gasteiger partial charge >= 0.3 is 5.95 Å². The molecule has 2 aromatic rings. The Labute approximate surface area is 148 Å². The highest BCUT2D eigenvalue weighted by atomic mass is 16.6. The van der Waals surface area contributed by atoms with E-state index in [4.69, 9.17) is 0 Å². The van der Waals surface area contributed by atoms with Crippen molar-refractivity contribution in [2.75, 3.05) is 17.7 Å². The SMILES string of the molecule is CNc1nc(NC2(C#N)CCC[C@@H](C)C2)nc(-n2cnc([N+](=O)[O-])n2)n1. The van der Waals surface area contributed by atoms with Crippen molar-refractivity contribution in [1.29, 1.82) is 5.26 Å². The number of aromatic nitrogens is 6. The van der Waals surface area contributed by atoms with Crippen LogP contribution in [0.1, 0.15) is 32.6 Å². The molecule has 2 atom stereocenters. The molecular weight excluding hydrogens is 340 g/mol. The van der Waals surface area contributed by atoms with Crippen LogP contribution in [0.3, 0.4) is 0 Å². The minimum atomic E-state index is -0.754. The first kappa shape index (κ1) is 17.5. The van der Waals surface area contributed by atoms with Crippen molar-refractivity contribution >= 4 is 17.8 Å². The number of anilines is 2. The van der Waals surface area contributed by atoms with Gasteiger partial charge in [0, 0.05) is 12.1 Å². The van der Waals surface area contributed by atoms with E-state index < -0.39 is 16.4 Å². The van der Waals surface area contributed by atoms with Gasteiger partial charge in [-0.1, -0.05) is 18.3 Å². The number of nitriles is 1. The quantitative estimate of drug-likeness (QED) is 0.588. The fraction of sp³-hybridized carbons (Fsp3) is 0.571. The van der Waals surface area contributed by atoms with Crippen molar-refractivity contribution in [2.24, 2.45) is 5.92 Å². The van der Waals surface area contributed by atoms with Crippen LogP contribution in [0.2, 0.25) is 0 Å². The van der Waals surface area contributed by atoms with E-state index in [0.717, 1.165) is 23.9 Å². The Kier molecular flexibility index (Phi) is 4.61. The molecule has 2 N–H and O–H groups in total. The lowest BCUT2D eigenvalue weighted by Gasteiger charge is -2.34. The van der Waals surface area contributed by atoms with Gasteiger partial charge in [-0.2, -0.15) is 20.2 Å². The zero-order valence-electron chi connectivity index (χ0n) is 14.4. The first-order valence-electron chi connectivity index (χ1n) is 8.14. The second kappa shape index (κ2) is 6.87. The summed E-state index contributed by atoms with van der Waals surface area (Å²) in [5, 5.41) is 30.1. The van der Waals surface area contributed by atoms with Crippen LogP contribution in [0.25, 0.3) is 5.95 Å². The third-order valence-electron chi connectivity index (χ3n) is 4.26. The van der Waals surface area contributed by atoms with Crippen LogP contribution in [-0.4, -0.2) is 47.2 Å². The molecule has 0 radical (unpaired) electrons. The molecule has 12 heteroatoms. The fourth-order valence-corrected chi connectivity index (χ4v) is 3.08. The Morgan fingerprint density at radius 3 is 2.81 bits per heavy atom. The molecule has 0 amide bonds. The van der Waals surface area contributed by atoms with Gasteiger partial charge < -0.3 is 20.7 Å². The molecule has 3 rings (SSSR count). The molecule has 26 heavy (non-hydrogen) atoms. The molecule has 0 aromatic carbocycles. The van der Waals surface area contributed by atoms with Gasteiger partial charge in [0.05, 0.1) is 6.07 Å². The van der Waals surface area contributed by atoms with Crippen molar-refractivity contribution in [1.82, 2.24) is 29.7 Å². The Morgan fingerprint density at radius 2 is 2.19 bits per heavy atom. The third-order valence-corrected chi connectivity index (χ3v) is 4.26. The maximum absolute atomic E-state index is 10.8. The first-order valence-corrected chi connectivity index (χ1v) is 8.14. The summed E-state index contributed by atoms with van der Waals surface area (Å²) in [6.45, 7) is 2.11. The summed E-state index contributed by atoms with van der Waals surface area (Å²) < 4.78 is 1.09. The van der Waals surface area contributed by atoms with Gasteiger partial charge in [0.25, 0.3) is 5.95 Å². The standard InChI is InChI=1S/C14H18N10O2/c1-9-4-3-5-14(6-9,7-15)21-11-18-10(16-2)19-13(20-11)23-8-17-12(22-23)24(25)26/h8-9H,3-6H2,1-2H3,(H2,16,18,19,20,21)/t9-,14?/m1/s1. The number of rotatable bonds is 5. The Hall–Kier alpha value is -3.36. The molecule has 0 spiro atoms. The van der Waals surface area contributed by atoms with E-state index in [9.17, 15) is 15.4 Å². The van der Waals surface area contributed by atoms with Gasteiger partial charge in [0.15, 0.2) is 0 Å². The van der Waals surface area contributed by atoms with E-state index in [2.05, 4.69) is 48.7 Å². The van der Waals surface area contributed by atoms with E-state index in [0.29, 0.717) is 18.8 Å². The molecule has 1 aliphatic carbocycles. The second-order valence-electron chi connectivity index (χ2n) is 6.30. The smallest absolute Gasteiger partial charge is 0.390 e. The lowest BCUT2D eigenvalue weighted by atomic mass is 9.77. The van der Waals surface area contributed by atoms with Gasteiger partial charge in [-0.25, -0.2) is 0 Å². The van der Waals surface area contributed by atoms with Gasteiger partial charge in [0.1, 0.15) is 5.54 Å². The molecule has 1 saturated carbocycles. The number of hydrogen-bond donors (Lipinski definition) is 2. The topological polar surface area (TPSA) is 160 Å². The number of nitro groups is 1. The highest BCUT2D eigenvalue weighted by Gasteiger charge is 2.36. The molecule has 1 unspecified atom stereocenters. The second-order valence-corrected chi connectivity index (χ2v) is 6.30. The van der Waals surface area contributed by atoms with Gasteiger partial charge in [-0.3, -0.25) is 0 Å². The normalized spacial score (nSPS) is 22.4. The predicted octanol–water partition coefficient (Wildman–Crippen LogP) is 1.29. The van der Waals surface area contributed by atoms with Crippen molar-refractivity contribution in [3.63, 3.8) is 0 Å². The maximum Gasteiger partial charge on any atom is 0.491 e. The third kappa shape index (κ3) is 3.51.